The molecule has 0 unspecified atom stereocenters. The Morgan fingerprint density at radius 1 is 0.958 bits per heavy atom. The van der Waals surface area contributed by atoms with E-state index in [1.165, 1.54) is 18.2 Å². The zero-order valence-corrected chi connectivity index (χ0v) is 12.6. The lowest BCUT2D eigenvalue weighted by Gasteiger charge is -2.10. The van der Waals surface area contributed by atoms with Crippen LogP contribution in [-0.4, -0.2) is 16.9 Å². The first-order valence-electron chi connectivity index (χ1n) is 6.45. The quantitative estimate of drug-likeness (QED) is 0.566. The topological polar surface area (TPSA) is 78.4 Å². The van der Waals surface area contributed by atoms with Gasteiger partial charge < -0.3 is 15.7 Å². The number of alkyl halides is 3. The fraction of sp³-hybridized carbons (Fsp3) is 0.0667. The molecule has 2 aromatic rings. The molecule has 2 aromatic carbocycles. The highest BCUT2D eigenvalue weighted by molar-refractivity contribution is 6.44. The van der Waals surface area contributed by atoms with E-state index in [9.17, 15) is 27.9 Å². The van der Waals surface area contributed by atoms with Crippen LogP contribution >= 0.6 is 11.6 Å². The molecule has 0 radical (unpaired) electrons. The number of carbonyl (C=O) groups excluding carboxylic acids is 2. The van der Waals surface area contributed by atoms with Crippen LogP contribution in [0.1, 0.15) is 5.56 Å². The van der Waals surface area contributed by atoms with E-state index < -0.39 is 23.6 Å². The average Bonchev–Trinajstić information content (AvgIpc) is 2.50. The highest BCUT2D eigenvalue weighted by atomic mass is 35.5. The summed E-state index contributed by atoms with van der Waals surface area (Å²) in [5.74, 6) is -2.53. The first-order valence-corrected chi connectivity index (χ1v) is 6.83. The highest BCUT2D eigenvalue weighted by Gasteiger charge is 2.30. The Bertz CT molecular complexity index is 777. The van der Waals surface area contributed by atoms with Gasteiger partial charge in [0.1, 0.15) is 5.75 Å². The van der Waals surface area contributed by atoms with Gasteiger partial charge >= 0.3 is 18.0 Å². The lowest BCUT2D eigenvalue weighted by Crippen LogP contribution is -2.29. The van der Waals surface area contributed by atoms with Crippen molar-refractivity contribution in [1.82, 2.24) is 0 Å². The Morgan fingerprint density at radius 2 is 1.54 bits per heavy atom. The summed E-state index contributed by atoms with van der Waals surface area (Å²) in [7, 11) is 0. The minimum Gasteiger partial charge on any atom is -0.506 e. The van der Waals surface area contributed by atoms with Crippen LogP contribution < -0.4 is 10.6 Å². The molecule has 2 amide bonds. The third kappa shape index (κ3) is 4.39. The number of halogens is 4. The second kappa shape index (κ2) is 6.79. The van der Waals surface area contributed by atoms with E-state index in [4.69, 9.17) is 11.6 Å². The third-order valence-corrected chi connectivity index (χ3v) is 3.12. The molecule has 0 saturated carbocycles. The van der Waals surface area contributed by atoms with Crippen molar-refractivity contribution in [1.29, 1.82) is 0 Å². The molecule has 0 heterocycles. The second-order valence-corrected chi connectivity index (χ2v) is 5.08. The van der Waals surface area contributed by atoms with Crippen molar-refractivity contribution in [2.24, 2.45) is 0 Å². The molecule has 0 aliphatic carbocycles. The van der Waals surface area contributed by atoms with E-state index in [1.54, 1.807) is 0 Å². The van der Waals surface area contributed by atoms with Gasteiger partial charge in [-0.3, -0.25) is 9.59 Å². The van der Waals surface area contributed by atoms with Gasteiger partial charge in [-0.1, -0.05) is 11.6 Å². The van der Waals surface area contributed by atoms with E-state index in [0.29, 0.717) is 0 Å². The largest absolute Gasteiger partial charge is 0.506 e. The predicted molar refractivity (Wildman–Crippen MR) is 81.8 cm³/mol. The lowest BCUT2D eigenvalue weighted by atomic mass is 10.2. The van der Waals surface area contributed by atoms with Crippen molar-refractivity contribution in [3.05, 3.63) is 53.1 Å². The molecule has 5 nitrogen and oxygen atoms in total. The maximum absolute atomic E-state index is 12.4. The smallest absolute Gasteiger partial charge is 0.416 e. The summed E-state index contributed by atoms with van der Waals surface area (Å²) >= 11 is 5.71. The minimum absolute atomic E-state index is 0.0125. The number of anilines is 2. The summed E-state index contributed by atoms with van der Waals surface area (Å²) in [5, 5.41) is 14.1. The van der Waals surface area contributed by atoms with Gasteiger partial charge in [0.2, 0.25) is 0 Å². The van der Waals surface area contributed by atoms with Crippen LogP contribution in [0.15, 0.2) is 42.5 Å². The number of rotatable bonds is 2. The molecule has 0 atom stereocenters. The zero-order chi connectivity index (χ0) is 17.9. The fourth-order valence-corrected chi connectivity index (χ4v) is 1.89. The van der Waals surface area contributed by atoms with Gasteiger partial charge in [0.15, 0.2) is 0 Å². The van der Waals surface area contributed by atoms with Crippen LogP contribution in [0, 0.1) is 0 Å². The maximum Gasteiger partial charge on any atom is 0.416 e. The number of hydrogen-bond donors (Lipinski definition) is 3. The van der Waals surface area contributed by atoms with Crippen molar-refractivity contribution in [3.8, 4) is 5.75 Å². The highest BCUT2D eigenvalue weighted by Crippen LogP contribution is 2.30. The molecule has 9 heteroatoms. The Morgan fingerprint density at radius 3 is 2.12 bits per heavy atom. The maximum atomic E-state index is 12.4. The fourth-order valence-electron chi connectivity index (χ4n) is 1.72. The molecular formula is C15H10ClF3N2O3. The molecule has 0 bridgehead atoms. The predicted octanol–water partition coefficient (Wildman–Crippen LogP) is 3.64. The Kier molecular flexibility index (Phi) is 4.99. The standard InChI is InChI=1S/C15H10ClF3N2O3/c16-9-3-6-12(22)11(7-9)21-14(24)13(23)20-10-4-1-8(2-5-10)15(17,18)19/h1-7,22H,(H,20,23)(H,21,24). The van der Waals surface area contributed by atoms with Crippen LogP contribution in [0.5, 0.6) is 5.75 Å². The first kappa shape index (κ1) is 17.6. The molecule has 0 fully saturated rings. The van der Waals surface area contributed by atoms with Gasteiger partial charge in [0.05, 0.1) is 11.3 Å². The molecule has 3 N–H and O–H groups in total. The number of phenols is 1. The van der Waals surface area contributed by atoms with Crippen LogP contribution in [0.25, 0.3) is 0 Å². The molecule has 0 aliphatic rings. The van der Waals surface area contributed by atoms with Crippen molar-refractivity contribution in [3.63, 3.8) is 0 Å². The lowest BCUT2D eigenvalue weighted by molar-refractivity contribution is -0.137. The van der Waals surface area contributed by atoms with Gasteiger partial charge in [-0.05, 0) is 42.5 Å². The zero-order valence-electron chi connectivity index (χ0n) is 11.8. The molecule has 126 valence electrons. The molecular weight excluding hydrogens is 349 g/mol. The summed E-state index contributed by atoms with van der Waals surface area (Å²) in [6.45, 7) is 0. The number of carbonyl (C=O) groups is 2. The van der Waals surface area contributed by atoms with Crippen molar-refractivity contribution >= 4 is 34.8 Å². The normalized spacial score (nSPS) is 11.0. The van der Waals surface area contributed by atoms with E-state index in [1.807, 2.05) is 0 Å². The number of hydrogen-bond acceptors (Lipinski definition) is 3. The minimum atomic E-state index is -4.50. The summed E-state index contributed by atoms with van der Waals surface area (Å²) in [4.78, 5) is 23.5. The van der Waals surface area contributed by atoms with E-state index in [-0.39, 0.29) is 22.1 Å². The molecule has 0 spiro atoms. The molecule has 2 rings (SSSR count). The third-order valence-electron chi connectivity index (χ3n) is 2.88. The number of phenolic OH excluding ortho intramolecular Hbond substituents is 1. The van der Waals surface area contributed by atoms with Crippen molar-refractivity contribution in [2.75, 3.05) is 10.6 Å². The van der Waals surface area contributed by atoms with Gasteiger partial charge in [-0.2, -0.15) is 13.2 Å². The van der Waals surface area contributed by atoms with Crippen molar-refractivity contribution in [2.45, 2.75) is 6.18 Å². The Labute approximate surface area is 139 Å². The number of nitrogens with one attached hydrogen (secondary N) is 2. The molecule has 24 heavy (non-hydrogen) atoms. The molecule has 0 aliphatic heterocycles. The SMILES string of the molecule is O=C(Nc1ccc(C(F)(F)F)cc1)C(=O)Nc1cc(Cl)ccc1O. The number of aromatic hydroxyl groups is 1. The van der Waals surface area contributed by atoms with E-state index in [2.05, 4.69) is 10.6 Å². The van der Waals surface area contributed by atoms with Gasteiger partial charge in [-0.15, -0.1) is 0 Å². The summed E-state index contributed by atoms with van der Waals surface area (Å²) < 4.78 is 37.3. The Hall–Kier alpha value is -2.74. The monoisotopic (exact) mass is 358 g/mol. The molecule has 0 saturated heterocycles. The first-order chi connectivity index (χ1) is 11.2. The average molecular weight is 359 g/mol. The van der Waals surface area contributed by atoms with Crippen LogP contribution in [0.2, 0.25) is 5.02 Å². The van der Waals surface area contributed by atoms with Gasteiger partial charge in [-0.25, -0.2) is 0 Å². The van der Waals surface area contributed by atoms with Crippen LogP contribution in [-0.2, 0) is 15.8 Å². The van der Waals surface area contributed by atoms with Crippen LogP contribution in [0.3, 0.4) is 0 Å². The molecule has 0 aromatic heterocycles. The van der Waals surface area contributed by atoms with Crippen LogP contribution in [0.4, 0.5) is 24.5 Å². The summed E-state index contributed by atoms with van der Waals surface area (Å²) in [6.07, 6.45) is -4.50. The van der Waals surface area contributed by atoms with Crippen molar-refractivity contribution < 1.29 is 27.9 Å². The summed E-state index contributed by atoms with van der Waals surface area (Å²) in [6, 6.07) is 7.43. The number of amides is 2. The van der Waals surface area contributed by atoms with Gasteiger partial charge in [0, 0.05) is 10.7 Å². The van der Waals surface area contributed by atoms with E-state index in [0.717, 1.165) is 24.3 Å². The summed E-state index contributed by atoms with van der Waals surface area (Å²) in [5.41, 5.74) is -0.942. The number of benzene rings is 2. The van der Waals surface area contributed by atoms with E-state index >= 15 is 0 Å². The second-order valence-electron chi connectivity index (χ2n) is 4.64. The van der Waals surface area contributed by atoms with Gasteiger partial charge in [0.25, 0.3) is 0 Å². The Balaban J connectivity index is 2.04.